The van der Waals surface area contributed by atoms with Gasteiger partial charge in [-0.1, -0.05) is 0 Å². The Morgan fingerprint density at radius 2 is 2.23 bits per heavy atom. The van der Waals surface area contributed by atoms with Crippen molar-refractivity contribution >= 4 is 28.7 Å². The molecule has 7 nitrogen and oxygen atoms in total. The van der Waals surface area contributed by atoms with E-state index < -0.39 is 10.9 Å². The Hall–Kier alpha value is -2.48. The lowest BCUT2D eigenvalue weighted by Gasteiger charge is -2.18. The second-order valence-electron chi connectivity index (χ2n) is 4.69. The molecule has 0 N–H and O–H groups in total. The van der Waals surface area contributed by atoms with Crippen LogP contribution in [-0.4, -0.2) is 30.0 Å². The predicted molar refractivity (Wildman–Crippen MR) is 83.4 cm³/mol. The van der Waals surface area contributed by atoms with E-state index in [2.05, 4.69) is 9.72 Å². The molecule has 0 bridgehead atoms. The van der Waals surface area contributed by atoms with Crippen LogP contribution in [0.15, 0.2) is 23.6 Å². The summed E-state index contributed by atoms with van der Waals surface area (Å²) in [6.45, 7) is 2.47. The first kappa shape index (κ1) is 15.9. The van der Waals surface area contributed by atoms with Crippen LogP contribution in [0.5, 0.6) is 0 Å². The number of benzene rings is 1. The molecule has 0 spiro atoms. The zero-order valence-electron chi connectivity index (χ0n) is 12.4. The predicted octanol–water partition coefficient (Wildman–Crippen LogP) is 2.78. The van der Waals surface area contributed by atoms with Crippen molar-refractivity contribution in [3.8, 4) is 0 Å². The number of esters is 1. The highest BCUT2D eigenvalue weighted by atomic mass is 32.1. The van der Waals surface area contributed by atoms with Gasteiger partial charge in [-0.05, 0) is 19.1 Å². The van der Waals surface area contributed by atoms with Crippen LogP contribution < -0.4 is 4.90 Å². The maximum Gasteiger partial charge on any atom is 0.344 e. The van der Waals surface area contributed by atoms with Crippen LogP contribution in [0.3, 0.4) is 0 Å². The zero-order chi connectivity index (χ0) is 16.3. The Morgan fingerprint density at radius 3 is 2.77 bits per heavy atom. The minimum absolute atomic E-state index is 0.0628. The quantitative estimate of drug-likeness (QED) is 0.478. The van der Waals surface area contributed by atoms with Crippen molar-refractivity contribution in [3.05, 3.63) is 50.0 Å². The molecule has 0 fully saturated rings. The van der Waals surface area contributed by atoms with Crippen molar-refractivity contribution in [1.82, 2.24) is 4.98 Å². The maximum atomic E-state index is 11.7. The van der Waals surface area contributed by atoms with Crippen molar-refractivity contribution in [2.24, 2.45) is 0 Å². The van der Waals surface area contributed by atoms with Gasteiger partial charge in [0.05, 0.1) is 18.6 Å². The summed E-state index contributed by atoms with van der Waals surface area (Å²) in [5, 5.41) is 13.9. The molecular formula is C14H15N3O4S. The fraction of sp³-hybridized carbons (Fsp3) is 0.286. The van der Waals surface area contributed by atoms with E-state index in [1.807, 2.05) is 24.3 Å². The van der Waals surface area contributed by atoms with Crippen molar-refractivity contribution in [2.45, 2.75) is 13.5 Å². The first-order valence-corrected chi connectivity index (χ1v) is 7.29. The third-order valence-electron chi connectivity index (χ3n) is 3.06. The van der Waals surface area contributed by atoms with E-state index in [-0.39, 0.29) is 11.3 Å². The summed E-state index contributed by atoms with van der Waals surface area (Å²) < 4.78 is 4.61. The summed E-state index contributed by atoms with van der Waals surface area (Å²) in [4.78, 5) is 28.4. The van der Waals surface area contributed by atoms with Crippen molar-refractivity contribution < 1.29 is 14.5 Å². The molecule has 0 saturated carbocycles. The number of aromatic nitrogens is 1. The number of nitro groups is 1. The van der Waals surface area contributed by atoms with Crippen LogP contribution in [0, 0.1) is 17.0 Å². The second kappa shape index (κ2) is 6.52. The van der Waals surface area contributed by atoms with Gasteiger partial charge in [0.15, 0.2) is 0 Å². The van der Waals surface area contributed by atoms with Gasteiger partial charge in [-0.15, -0.1) is 11.3 Å². The number of nitro benzene ring substituents is 1. The Kier molecular flexibility index (Phi) is 4.71. The molecule has 0 saturated heterocycles. The second-order valence-corrected chi connectivity index (χ2v) is 5.63. The van der Waals surface area contributed by atoms with E-state index in [1.165, 1.54) is 19.2 Å². The molecule has 0 radical (unpaired) electrons. The molecule has 0 aliphatic rings. The van der Waals surface area contributed by atoms with Gasteiger partial charge >= 0.3 is 5.97 Å². The smallest absolute Gasteiger partial charge is 0.344 e. The van der Waals surface area contributed by atoms with Crippen LogP contribution in [-0.2, 0) is 11.3 Å². The fourth-order valence-electron chi connectivity index (χ4n) is 1.96. The molecule has 1 aromatic carbocycles. The van der Waals surface area contributed by atoms with E-state index in [0.717, 1.165) is 10.7 Å². The SMILES string of the molecule is COC(=O)c1cc(N(C)Cc2nc(C)cs2)ccc1[N+](=O)[O-]. The Morgan fingerprint density at radius 1 is 1.50 bits per heavy atom. The zero-order valence-corrected chi connectivity index (χ0v) is 13.2. The number of anilines is 1. The summed E-state index contributed by atoms with van der Waals surface area (Å²) >= 11 is 1.54. The maximum absolute atomic E-state index is 11.7. The highest BCUT2D eigenvalue weighted by Crippen LogP contribution is 2.26. The third kappa shape index (κ3) is 3.40. The first-order chi connectivity index (χ1) is 10.4. The number of hydrogen-bond acceptors (Lipinski definition) is 7. The monoisotopic (exact) mass is 321 g/mol. The minimum atomic E-state index is -0.730. The van der Waals surface area contributed by atoms with Crippen molar-refractivity contribution in [1.29, 1.82) is 0 Å². The van der Waals surface area contributed by atoms with Crippen LogP contribution in [0.25, 0.3) is 0 Å². The topological polar surface area (TPSA) is 85.6 Å². The number of carbonyl (C=O) groups excluding carboxylic acids is 1. The number of rotatable bonds is 5. The van der Waals surface area contributed by atoms with Gasteiger partial charge in [0.2, 0.25) is 0 Å². The average molecular weight is 321 g/mol. The molecule has 22 heavy (non-hydrogen) atoms. The van der Waals surface area contributed by atoms with E-state index >= 15 is 0 Å². The van der Waals surface area contributed by atoms with Crippen molar-refractivity contribution in [2.75, 3.05) is 19.1 Å². The highest BCUT2D eigenvalue weighted by Gasteiger charge is 2.22. The highest BCUT2D eigenvalue weighted by molar-refractivity contribution is 7.09. The molecular weight excluding hydrogens is 306 g/mol. The Bertz CT molecular complexity index is 714. The van der Waals surface area contributed by atoms with Gasteiger partial charge in [-0.2, -0.15) is 0 Å². The fourth-order valence-corrected chi connectivity index (χ4v) is 2.79. The van der Waals surface area contributed by atoms with E-state index in [4.69, 9.17) is 0 Å². The van der Waals surface area contributed by atoms with Crippen molar-refractivity contribution in [3.63, 3.8) is 0 Å². The number of hydrogen-bond donors (Lipinski definition) is 0. The normalized spacial score (nSPS) is 10.3. The number of thiazole rings is 1. The molecule has 8 heteroatoms. The summed E-state index contributed by atoms with van der Waals surface area (Å²) in [6.07, 6.45) is 0. The molecule has 1 heterocycles. The molecule has 1 aromatic heterocycles. The lowest BCUT2D eigenvalue weighted by Crippen LogP contribution is -2.17. The van der Waals surface area contributed by atoms with Gasteiger partial charge in [-0.3, -0.25) is 10.1 Å². The number of carbonyl (C=O) groups is 1. The summed E-state index contributed by atoms with van der Waals surface area (Å²) in [5.41, 5.74) is 1.30. The van der Waals surface area contributed by atoms with Gasteiger partial charge in [0.1, 0.15) is 10.6 Å². The van der Waals surface area contributed by atoms with E-state index in [1.54, 1.807) is 17.4 Å². The van der Waals surface area contributed by atoms with E-state index in [0.29, 0.717) is 12.2 Å². The van der Waals surface area contributed by atoms with Gasteiger partial charge in [-0.25, -0.2) is 9.78 Å². The largest absolute Gasteiger partial charge is 0.465 e. The average Bonchev–Trinajstić information content (AvgIpc) is 2.90. The van der Waals surface area contributed by atoms with Crippen LogP contribution in [0.4, 0.5) is 11.4 Å². The lowest BCUT2D eigenvalue weighted by atomic mass is 10.1. The van der Waals surface area contributed by atoms with Gasteiger partial charge < -0.3 is 9.64 Å². The van der Waals surface area contributed by atoms with Gasteiger partial charge in [0, 0.05) is 29.9 Å². The summed E-state index contributed by atoms with van der Waals surface area (Å²) in [7, 11) is 3.03. The molecule has 116 valence electrons. The summed E-state index contributed by atoms with van der Waals surface area (Å²) in [6, 6.07) is 4.38. The number of methoxy groups -OCH3 is 1. The summed E-state index contributed by atoms with van der Waals surface area (Å²) in [5.74, 6) is -0.730. The van der Waals surface area contributed by atoms with Crippen LogP contribution >= 0.6 is 11.3 Å². The van der Waals surface area contributed by atoms with E-state index in [9.17, 15) is 14.9 Å². The molecule has 2 aromatic rings. The first-order valence-electron chi connectivity index (χ1n) is 6.41. The molecule has 0 aliphatic heterocycles. The molecule has 0 unspecified atom stereocenters. The third-order valence-corrected chi connectivity index (χ3v) is 4.01. The Balaban J connectivity index is 2.31. The number of aryl methyl sites for hydroxylation is 1. The number of ether oxygens (including phenoxy) is 1. The van der Waals surface area contributed by atoms with Gasteiger partial charge in [0.25, 0.3) is 5.69 Å². The molecule has 2 rings (SSSR count). The minimum Gasteiger partial charge on any atom is -0.465 e. The number of nitrogens with zero attached hydrogens (tertiary/aromatic N) is 3. The standard InChI is InChI=1S/C14H15N3O4S/c1-9-8-22-13(15-9)7-16(2)10-4-5-12(17(19)20)11(6-10)14(18)21-3/h4-6,8H,7H2,1-3H3. The molecule has 0 amide bonds. The molecule has 0 atom stereocenters. The lowest BCUT2D eigenvalue weighted by molar-refractivity contribution is -0.385. The van der Waals surface area contributed by atoms with Crippen LogP contribution in [0.1, 0.15) is 21.1 Å². The van der Waals surface area contributed by atoms with Crippen LogP contribution in [0.2, 0.25) is 0 Å². The molecule has 0 aliphatic carbocycles. The Labute approximate surface area is 131 Å².